The van der Waals surface area contributed by atoms with Gasteiger partial charge in [0.2, 0.25) is 0 Å². The number of hydrogen-bond acceptors (Lipinski definition) is 4. The number of nitrogens with zero attached hydrogens (tertiary/aromatic N) is 2. The second kappa shape index (κ2) is 5.72. The second-order valence-corrected chi connectivity index (χ2v) is 5.81. The van der Waals surface area contributed by atoms with Gasteiger partial charge in [-0.1, -0.05) is 26.7 Å². The maximum atomic E-state index is 11.6. The summed E-state index contributed by atoms with van der Waals surface area (Å²) in [5.41, 5.74) is 0.0753. The van der Waals surface area contributed by atoms with Crippen molar-refractivity contribution in [1.82, 2.24) is 15.2 Å². The summed E-state index contributed by atoms with van der Waals surface area (Å²) in [5, 5.41) is 6.99. The van der Waals surface area contributed by atoms with Crippen LogP contribution in [0.25, 0.3) is 0 Å². The highest BCUT2D eigenvalue weighted by atomic mass is 16.5. The third-order valence-electron chi connectivity index (χ3n) is 3.81. The molecule has 0 saturated heterocycles. The fourth-order valence-corrected chi connectivity index (χ4v) is 3.16. The third-order valence-corrected chi connectivity index (χ3v) is 3.81. The van der Waals surface area contributed by atoms with E-state index in [4.69, 9.17) is 4.74 Å². The molecule has 5 nitrogen and oxygen atoms in total. The minimum Gasteiger partial charge on any atom is -0.460 e. The number of carbonyl (C=O) groups is 1. The first-order chi connectivity index (χ1) is 9.07. The zero-order chi connectivity index (χ0) is 13.9. The van der Waals surface area contributed by atoms with Gasteiger partial charge < -0.3 is 4.74 Å². The first kappa shape index (κ1) is 14.0. The molecule has 1 aromatic rings. The fraction of sp³-hybridized carbons (Fsp3) is 0.786. The predicted octanol–water partition coefficient (Wildman–Crippen LogP) is 2.84. The molecule has 1 saturated carbocycles. The van der Waals surface area contributed by atoms with Crippen LogP contribution >= 0.6 is 0 Å². The number of esters is 1. The molecule has 106 valence electrons. The van der Waals surface area contributed by atoms with Gasteiger partial charge in [-0.05, 0) is 32.1 Å². The van der Waals surface area contributed by atoms with Crippen molar-refractivity contribution >= 4 is 5.97 Å². The Morgan fingerprint density at radius 1 is 1.42 bits per heavy atom. The van der Waals surface area contributed by atoms with E-state index >= 15 is 0 Å². The zero-order valence-corrected chi connectivity index (χ0v) is 12.0. The summed E-state index contributed by atoms with van der Waals surface area (Å²) in [6, 6.07) is 0. The maximum Gasteiger partial charge on any atom is 0.378 e. The normalized spacial score (nSPS) is 17.9. The van der Waals surface area contributed by atoms with E-state index in [1.165, 1.54) is 12.8 Å². The number of hydrogen-bond donors (Lipinski definition) is 1. The van der Waals surface area contributed by atoms with Crippen LogP contribution in [0, 0.1) is 5.92 Å². The minimum absolute atomic E-state index is 0.0753. The van der Waals surface area contributed by atoms with E-state index in [9.17, 15) is 4.79 Å². The van der Waals surface area contributed by atoms with Crippen molar-refractivity contribution in [2.75, 3.05) is 6.61 Å². The summed E-state index contributed by atoms with van der Waals surface area (Å²) < 4.78 is 4.93. The van der Waals surface area contributed by atoms with Crippen LogP contribution in [0.4, 0.5) is 0 Å². The fourth-order valence-electron chi connectivity index (χ4n) is 3.16. The predicted molar refractivity (Wildman–Crippen MR) is 71.9 cm³/mol. The molecule has 1 N–H and O–H groups in total. The molecule has 0 atom stereocenters. The average Bonchev–Trinajstić information content (AvgIpc) is 2.97. The molecule has 0 spiro atoms. The van der Waals surface area contributed by atoms with Crippen molar-refractivity contribution in [2.24, 2.45) is 5.92 Å². The third kappa shape index (κ3) is 2.96. The van der Waals surface area contributed by atoms with Gasteiger partial charge in [0.1, 0.15) is 5.82 Å². The zero-order valence-electron chi connectivity index (χ0n) is 12.0. The molecule has 1 fully saturated rings. The van der Waals surface area contributed by atoms with Gasteiger partial charge in [0.05, 0.1) is 6.61 Å². The Balaban J connectivity index is 2.21. The van der Waals surface area contributed by atoms with Crippen LogP contribution in [0.15, 0.2) is 0 Å². The van der Waals surface area contributed by atoms with Gasteiger partial charge in [0.15, 0.2) is 0 Å². The molecule has 1 aromatic heterocycles. The highest BCUT2D eigenvalue weighted by Gasteiger charge is 2.39. The van der Waals surface area contributed by atoms with Crippen LogP contribution in [0.2, 0.25) is 0 Å². The van der Waals surface area contributed by atoms with E-state index in [0.717, 1.165) is 25.1 Å². The van der Waals surface area contributed by atoms with Gasteiger partial charge >= 0.3 is 5.97 Å². The molecule has 1 aliphatic rings. The van der Waals surface area contributed by atoms with Crippen LogP contribution < -0.4 is 0 Å². The first-order valence-electron chi connectivity index (χ1n) is 7.17. The van der Waals surface area contributed by atoms with E-state index in [2.05, 4.69) is 29.0 Å². The van der Waals surface area contributed by atoms with Gasteiger partial charge in [-0.3, -0.25) is 5.10 Å². The highest BCUT2D eigenvalue weighted by molar-refractivity contribution is 5.84. The first-order valence-corrected chi connectivity index (χ1v) is 7.17. The summed E-state index contributed by atoms with van der Waals surface area (Å²) in [6.45, 7) is 6.58. The van der Waals surface area contributed by atoms with Crippen molar-refractivity contribution in [3.63, 3.8) is 0 Å². The number of aromatic nitrogens is 3. The number of aromatic amines is 1. The smallest absolute Gasteiger partial charge is 0.378 e. The lowest BCUT2D eigenvalue weighted by atomic mass is 9.78. The Hall–Kier alpha value is -1.39. The second-order valence-electron chi connectivity index (χ2n) is 5.81. The SMILES string of the molecule is CCOC(=O)c1n[nH]c(C2(CC(C)C)CCCC2)n1. The summed E-state index contributed by atoms with van der Waals surface area (Å²) in [7, 11) is 0. The molecule has 19 heavy (non-hydrogen) atoms. The highest BCUT2D eigenvalue weighted by Crippen LogP contribution is 2.44. The Kier molecular flexibility index (Phi) is 4.22. The van der Waals surface area contributed by atoms with Gasteiger partial charge in [-0.25, -0.2) is 9.78 Å². The van der Waals surface area contributed by atoms with Gasteiger partial charge in [-0.15, -0.1) is 5.10 Å². The summed E-state index contributed by atoms with van der Waals surface area (Å²) >= 11 is 0. The molecule has 1 heterocycles. The van der Waals surface area contributed by atoms with Crippen LogP contribution in [0.1, 0.15) is 69.3 Å². The lowest BCUT2D eigenvalue weighted by Gasteiger charge is -2.28. The van der Waals surface area contributed by atoms with Crippen molar-refractivity contribution < 1.29 is 9.53 Å². The molecule has 0 unspecified atom stereocenters. The molecule has 0 aliphatic heterocycles. The van der Waals surface area contributed by atoms with E-state index in [0.29, 0.717) is 12.5 Å². The number of carbonyl (C=O) groups excluding carboxylic acids is 1. The summed E-state index contributed by atoms with van der Waals surface area (Å²) in [4.78, 5) is 16.0. The van der Waals surface area contributed by atoms with Crippen LogP contribution in [-0.2, 0) is 10.2 Å². The van der Waals surface area contributed by atoms with Crippen molar-refractivity contribution in [1.29, 1.82) is 0 Å². The monoisotopic (exact) mass is 265 g/mol. The van der Waals surface area contributed by atoms with Crippen molar-refractivity contribution in [2.45, 2.75) is 58.3 Å². The molecule has 0 amide bonds. The van der Waals surface area contributed by atoms with Crippen molar-refractivity contribution in [3.8, 4) is 0 Å². The van der Waals surface area contributed by atoms with Crippen LogP contribution in [-0.4, -0.2) is 27.8 Å². The molecule has 0 radical (unpaired) electrons. The molecule has 1 aliphatic carbocycles. The Labute approximate surface area is 114 Å². The van der Waals surface area contributed by atoms with Crippen molar-refractivity contribution in [3.05, 3.63) is 11.6 Å². The average molecular weight is 265 g/mol. The number of nitrogens with one attached hydrogen (secondary N) is 1. The molecule has 0 bridgehead atoms. The molecule has 0 aromatic carbocycles. The minimum atomic E-state index is -0.442. The van der Waals surface area contributed by atoms with Gasteiger partial charge in [0.25, 0.3) is 5.82 Å². The Morgan fingerprint density at radius 2 is 2.11 bits per heavy atom. The number of rotatable bonds is 5. The molecule has 2 rings (SSSR count). The van der Waals surface area contributed by atoms with Crippen LogP contribution in [0.3, 0.4) is 0 Å². The number of H-pyrrole nitrogens is 1. The lowest BCUT2D eigenvalue weighted by Crippen LogP contribution is -2.26. The Morgan fingerprint density at radius 3 is 2.68 bits per heavy atom. The number of ether oxygens (including phenoxy) is 1. The standard InChI is InChI=1S/C14H23N3O2/c1-4-19-12(18)11-15-13(17-16-11)14(9-10(2)3)7-5-6-8-14/h10H,4-9H2,1-3H3,(H,15,16,17). The summed E-state index contributed by atoms with van der Waals surface area (Å²) in [6.07, 6.45) is 5.79. The lowest BCUT2D eigenvalue weighted by molar-refractivity contribution is 0.0512. The van der Waals surface area contributed by atoms with E-state index in [1.54, 1.807) is 6.92 Å². The quantitative estimate of drug-likeness (QED) is 0.831. The summed E-state index contributed by atoms with van der Waals surface area (Å²) in [5.74, 6) is 1.19. The molecular formula is C14H23N3O2. The van der Waals surface area contributed by atoms with E-state index < -0.39 is 5.97 Å². The largest absolute Gasteiger partial charge is 0.460 e. The molecule has 5 heteroatoms. The van der Waals surface area contributed by atoms with Crippen LogP contribution in [0.5, 0.6) is 0 Å². The van der Waals surface area contributed by atoms with Gasteiger partial charge in [-0.2, -0.15) is 0 Å². The van der Waals surface area contributed by atoms with E-state index in [1.807, 2.05) is 0 Å². The van der Waals surface area contributed by atoms with Gasteiger partial charge in [0, 0.05) is 5.41 Å². The van der Waals surface area contributed by atoms with E-state index in [-0.39, 0.29) is 11.2 Å². The topological polar surface area (TPSA) is 67.9 Å². The Bertz CT molecular complexity index is 434. The molecular weight excluding hydrogens is 242 g/mol. The maximum absolute atomic E-state index is 11.6.